The van der Waals surface area contributed by atoms with Crippen LogP contribution in [0.15, 0.2) is 41.3 Å². The van der Waals surface area contributed by atoms with E-state index in [4.69, 9.17) is 28.5 Å². The van der Waals surface area contributed by atoms with Crippen molar-refractivity contribution >= 4 is 23.2 Å². The molecule has 18 heavy (non-hydrogen) atoms. The molecule has 0 atom stereocenters. The summed E-state index contributed by atoms with van der Waals surface area (Å²) < 4.78 is 1.43. The van der Waals surface area contributed by atoms with Gasteiger partial charge in [-0.2, -0.15) is 5.26 Å². The van der Waals surface area contributed by atoms with Crippen LogP contribution in [0.3, 0.4) is 0 Å². The fourth-order valence-electron chi connectivity index (χ4n) is 1.59. The molecule has 1 aromatic heterocycles. The molecule has 1 heterocycles. The van der Waals surface area contributed by atoms with Crippen LogP contribution >= 0.6 is 23.2 Å². The van der Waals surface area contributed by atoms with Gasteiger partial charge < -0.3 is 4.57 Å². The van der Waals surface area contributed by atoms with E-state index in [1.807, 2.05) is 6.07 Å². The Balaban J connectivity index is 2.44. The van der Waals surface area contributed by atoms with Gasteiger partial charge in [0, 0.05) is 16.2 Å². The molecule has 0 saturated heterocycles. The van der Waals surface area contributed by atoms with Crippen molar-refractivity contribution in [2.24, 2.45) is 0 Å². The van der Waals surface area contributed by atoms with Crippen LogP contribution in [-0.4, -0.2) is 4.57 Å². The van der Waals surface area contributed by atoms with E-state index >= 15 is 0 Å². The molecule has 0 radical (unpaired) electrons. The minimum absolute atomic E-state index is 0.107. The van der Waals surface area contributed by atoms with Crippen molar-refractivity contribution in [2.45, 2.75) is 6.54 Å². The van der Waals surface area contributed by atoms with Crippen LogP contribution in [0.25, 0.3) is 0 Å². The molecule has 1 aromatic carbocycles. The lowest BCUT2D eigenvalue weighted by atomic mass is 10.2. The molecule has 0 spiro atoms. The fraction of sp³-hybridized carbons (Fsp3) is 0.0769. The lowest BCUT2D eigenvalue weighted by Gasteiger charge is -2.08. The summed E-state index contributed by atoms with van der Waals surface area (Å²) in [6, 6.07) is 10.1. The molecule has 90 valence electrons. The second kappa shape index (κ2) is 5.26. The Morgan fingerprint density at radius 3 is 2.78 bits per heavy atom. The topological polar surface area (TPSA) is 45.8 Å². The van der Waals surface area contributed by atoms with E-state index in [9.17, 15) is 4.79 Å². The monoisotopic (exact) mass is 278 g/mol. The Bertz CT molecular complexity index is 686. The van der Waals surface area contributed by atoms with Crippen molar-refractivity contribution in [3.63, 3.8) is 0 Å². The van der Waals surface area contributed by atoms with E-state index in [1.54, 1.807) is 30.5 Å². The standard InChI is InChI=1S/C13H8Cl2N2O/c14-11-3-4-12(15)10(6-11)8-17-5-1-2-9(7-16)13(17)18/h1-6H,8H2. The smallest absolute Gasteiger partial charge is 0.268 e. The molecule has 0 saturated carbocycles. The van der Waals surface area contributed by atoms with Gasteiger partial charge in [0.2, 0.25) is 0 Å². The molecule has 0 aliphatic carbocycles. The molecule has 5 heteroatoms. The van der Waals surface area contributed by atoms with Crippen molar-refractivity contribution in [1.82, 2.24) is 4.57 Å². The molecule has 0 fully saturated rings. The summed E-state index contributed by atoms with van der Waals surface area (Å²) >= 11 is 11.9. The van der Waals surface area contributed by atoms with E-state index in [-0.39, 0.29) is 17.7 Å². The van der Waals surface area contributed by atoms with Gasteiger partial charge in [-0.05, 0) is 35.9 Å². The number of hydrogen-bond donors (Lipinski definition) is 0. The first-order valence-corrected chi connectivity index (χ1v) is 5.91. The van der Waals surface area contributed by atoms with Gasteiger partial charge >= 0.3 is 0 Å². The first-order chi connectivity index (χ1) is 8.61. The van der Waals surface area contributed by atoms with Gasteiger partial charge in [0.1, 0.15) is 11.6 Å². The third kappa shape index (κ3) is 2.56. The number of nitrogens with zero attached hydrogens (tertiary/aromatic N) is 2. The summed E-state index contributed by atoms with van der Waals surface area (Å²) in [6.07, 6.45) is 1.61. The average Bonchev–Trinajstić information content (AvgIpc) is 2.36. The SMILES string of the molecule is N#Cc1cccn(Cc2cc(Cl)ccc2Cl)c1=O. The average molecular weight is 279 g/mol. The first-order valence-electron chi connectivity index (χ1n) is 5.15. The highest BCUT2D eigenvalue weighted by molar-refractivity contribution is 6.33. The van der Waals surface area contributed by atoms with Gasteiger partial charge in [-0.1, -0.05) is 23.2 Å². The maximum atomic E-state index is 11.9. The summed E-state index contributed by atoms with van der Waals surface area (Å²) in [5.74, 6) is 0. The van der Waals surface area contributed by atoms with Crippen LogP contribution in [-0.2, 0) is 6.54 Å². The molecular weight excluding hydrogens is 271 g/mol. The summed E-state index contributed by atoms with van der Waals surface area (Å²) in [5, 5.41) is 9.89. The lowest BCUT2D eigenvalue weighted by molar-refractivity contribution is 0.757. The minimum Gasteiger partial charge on any atom is -0.310 e. The van der Waals surface area contributed by atoms with E-state index in [0.29, 0.717) is 10.0 Å². The van der Waals surface area contributed by atoms with Gasteiger partial charge in [-0.25, -0.2) is 0 Å². The van der Waals surface area contributed by atoms with Crippen molar-refractivity contribution in [2.75, 3.05) is 0 Å². The molecule has 0 unspecified atom stereocenters. The third-order valence-corrected chi connectivity index (χ3v) is 3.09. The normalized spacial score (nSPS) is 10.1. The van der Waals surface area contributed by atoms with Crippen molar-refractivity contribution in [3.8, 4) is 6.07 Å². The number of hydrogen-bond acceptors (Lipinski definition) is 2. The van der Waals surface area contributed by atoms with E-state index in [0.717, 1.165) is 5.56 Å². The zero-order chi connectivity index (χ0) is 13.1. The predicted octanol–water partition coefficient (Wildman–Crippen LogP) is 3.08. The van der Waals surface area contributed by atoms with Crippen molar-refractivity contribution in [1.29, 1.82) is 5.26 Å². The van der Waals surface area contributed by atoms with Crippen LogP contribution in [0.2, 0.25) is 10.0 Å². The van der Waals surface area contributed by atoms with Gasteiger partial charge in [0.25, 0.3) is 5.56 Å². The number of rotatable bonds is 2. The molecule has 3 nitrogen and oxygen atoms in total. The van der Waals surface area contributed by atoms with E-state index < -0.39 is 0 Å². The zero-order valence-corrected chi connectivity index (χ0v) is 10.7. The second-order valence-electron chi connectivity index (χ2n) is 3.70. The molecule has 2 rings (SSSR count). The van der Waals surface area contributed by atoms with Crippen LogP contribution < -0.4 is 5.56 Å². The summed E-state index contributed by atoms with van der Waals surface area (Å²) in [7, 11) is 0. The minimum atomic E-state index is -0.337. The number of benzene rings is 1. The van der Waals surface area contributed by atoms with Crippen LogP contribution in [0, 0.1) is 11.3 Å². The summed E-state index contributed by atoms with van der Waals surface area (Å²) in [6.45, 7) is 0.285. The first kappa shape index (κ1) is 12.7. The second-order valence-corrected chi connectivity index (χ2v) is 4.55. The molecular formula is C13H8Cl2N2O. The van der Waals surface area contributed by atoms with Gasteiger partial charge in [0.15, 0.2) is 0 Å². The highest BCUT2D eigenvalue weighted by Crippen LogP contribution is 2.21. The number of halogens is 2. The maximum Gasteiger partial charge on any atom is 0.268 e. The van der Waals surface area contributed by atoms with Gasteiger partial charge in [-0.15, -0.1) is 0 Å². The maximum absolute atomic E-state index is 11.9. The summed E-state index contributed by atoms with van der Waals surface area (Å²) in [4.78, 5) is 11.9. The molecule has 0 bridgehead atoms. The number of nitriles is 1. The highest BCUT2D eigenvalue weighted by atomic mass is 35.5. The Morgan fingerprint density at radius 2 is 2.06 bits per heavy atom. The lowest BCUT2D eigenvalue weighted by Crippen LogP contribution is -2.22. The molecule has 0 aliphatic rings. The Morgan fingerprint density at radius 1 is 1.28 bits per heavy atom. The fourth-order valence-corrected chi connectivity index (χ4v) is 1.97. The largest absolute Gasteiger partial charge is 0.310 e. The van der Waals surface area contributed by atoms with Crippen molar-refractivity contribution < 1.29 is 0 Å². The Labute approximate surface area is 114 Å². The van der Waals surface area contributed by atoms with E-state index in [2.05, 4.69) is 0 Å². The predicted molar refractivity (Wildman–Crippen MR) is 71.0 cm³/mol. The van der Waals surface area contributed by atoms with Crippen LogP contribution in [0.1, 0.15) is 11.1 Å². The molecule has 0 aliphatic heterocycles. The zero-order valence-electron chi connectivity index (χ0n) is 9.23. The van der Waals surface area contributed by atoms with Crippen LogP contribution in [0.4, 0.5) is 0 Å². The van der Waals surface area contributed by atoms with Gasteiger partial charge in [-0.3, -0.25) is 4.79 Å². The molecule has 0 amide bonds. The molecule has 2 aromatic rings. The van der Waals surface area contributed by atoms with Crippen molar-refractivity contribution in [3.05, 3.63) is 68.1 Å². The van der Waals surface area contributed by atoms with Crippen LogP contribution in [0.5, 0.6) is 0 Å². The summed E-state index contributed by atoms with van der Waals surface area (Å²) in [5.41, 5.74) is 0.507. The molecule has 0 N–H and O–H groups in total. The Kier molecular flexibility index (Phi) is 3.71. The number of aromatic nitrogens is 1. The third-order valence-electron chi connectivity index (χ3n) is 2.49. The Hall–Kier alpha value is -1.76. The quantitative estimate of drug-likeness (QED) is 0.848. The van der Waals surface area contributed by atoms with Gasteiger partial charge in [0.05, 0.1) is 6.54 Å². The van der Waals surface area contributed by atoms with E-state index in [1.165, 1.54) is 10.6 Å². The highest BCUT2D eigenvalue weighted by Gasteiger charge is 2.06. The number of pyridine rings is 1.